The SMILES string of the molecule is CC[C@@H](OC(=O)C(C)[C@H](CC[C@@](C)(C[C@@H](C)C(C)O)OC)O[C@H]1C[C@H](C)[C@@H](O)[C@H](C)O1)[C@]1(C)CC(=O)O1. The number of hydrogen-bond acceptors (Lipinski definition) is 9. The van der Waals surface area contributed by atoms with Gasteiger partial charge in [-0.1, -0.05) is 20.8 Å². The topological polar surface area (TPSA) is 121 Å². The average Bonchev–Trinajstić information content (AvgIpc) is 2.81. The number of rotatable bonds is 14. The summed E-state index contributed by atoms with van der Waals surface area (Å²) in [6.07, 6.45) is -0.0710. The van der Waals surface area contributed by atoms with Crippen LogP contribution >= 0.6 is 0 Å². The number of aliphatic hydroxyl groups excluding tert-OH is 2. The lowest BCUT2D eigenvalue weighted by Gasteiger charge is -2.43. The third-order valence-electron chi connectivity index (χ3n) is 8.43. The second-order valence-electron chi connectivity index (χ2n) is 11.8. The third-order valence-corrected chi connectivity index (χ3v) is 8.43. The molecule has 0 aromatic heterocycles. The van der Waals surface area contributed by atoms with Crippen molar-refractivity contribution in [2.45, 2.75) is 142 Å². The largest absolute Gasteiger partial charge is 0.458 e. The molecule has 0 saturated carbocycles. The molecule has 2 aliphatic rings. The Bertz CT molecular complexity index is 736. The van der Waals surface area contributed by atoms with Gasteiger partial charge in [0, 0.05) is 13.5 Å². The summed E-state index contributed by atoms with van der Waals surface area (Å²) in [7, 11) is 1.66. The Morgan fingerprint density at radius 1 is 1.27 bits per heavy atom. The molecule has 2 saturated heterocycles. The first-order valence-electron chi connectivity index (χ1n) is 13.8. The summed E-state index contributed by atoms with van der Waals surface area (Å²) in [6.45, 7) is 15.0. The van der Waals surface area contributed by atoms with Crippen molar-refractivity contribution in [1.29, 1.82) is 0 Å². The van der Waals surface area contributed by atoms with Gasteiger partial charge in [-0.05, 0) is 72.1 Å². The number of carbonyl (C=O) groups excluding carboxylic acids is 2. The van der Waals surface area contributed by atoms with Crippen molar-refractivity contribution in [3.05, 3.63) is 0 Å². The molecule has 11 atom stereocenters. The summed E-state index contributed by atoms with van der Waals surface area (Å²) in [5, 5.41) is 20.3. The number of cyclic esters (lactones) is 1. The Kier molecular flexibility index (Phi) is 11.4. The minimum Gasteiger partial charge on any atom is -0.458 e. The van der Waals surface area contributed by atoms with Gasteiger partial charge in [0.25, 0.3) is 0 Å². The minimum absolute atomic E-state index is 0.00878. The molecule has 216 valence electrons. The van der Waals surface area contributed by atoms with Gasteiger partial charge in [0.1, 0.15) is 6.10 Å². The van der Waals surface area contributed by atoms with Crippen LogP contribution in [0.1, 0.15) is 93.9 Å². The van der Waals surface area contributed by atoms with Gasteiger partial charge in [0.15, 0.2) is 11.9 Å². The predicted molar refractivity (Wildman–Crippen MR) is 138 cm³/mol. The van der Waals surface area contributed by atoms with Crippen LogP contribution in [0.15, 0.2) is 0 Å². The van der Waals surface area contributed by atoms with E-state index < -0.39 is 53.8 Å². The summed E-state index contributed by atoms with van der Waals surface area (Å²) in [4.78, 5) is 24.8. The monoisotopic (exact) mass is 530 g/mol. The zero-order valence-electron chi connectivity index (χ0n) is 24.2. The molecular formula is C28H50O9. The lowest BCUT2D eigenvalue weighted by Crippen LogP contribution is -2.55. The van der Waals surface area contributed by atoms with E-state index in [1.165, 1.54) is 0 Å². The highest BCUT2D eigenvalue weighted by molar-refractivity contribution is 5.78. The molecule has 2 N–H and O–H groups in total. The zero-order valence-corrected chi connectivity index (χ0v) is 24.2. The number of hydrogen-bond donors (Lipinski definition) is 2. The second-order valence-corrected chi connectivity index (χ2v) is 11.8. The Balaban J connectivity index is 2.16. The molecule has 2 fully saturated rings. The van der Waals surface area contributed by atoms with Gasteiger partial charge in [-0.15, -0.1) is 0 Å². The number of aliphatic hydroxyl groups is 2. The van der Waals surface area contributed by atoms with Crippen molar-refractivity contribution in [3.63, 3.8) is 0 Å². The van der Waals surface area contributed by atoms with E-state index in [9.17, 15) is 19.8 Å². The molecule has 0 radical (unpaired) electrons. The van der Waals surface area contributed by atoms with Crippen molar-refractivity contribution >= 4 is 11.9 Å². The maximum Gasteiger partial charge on any atom is 0.311 e. The maximum absolute atomic E-state index is 13.3. The van der Waals surface area contributed by atoms with Crippen LogP contribution in [-0.4, -0.2) is 77.3 Å². The van der Waals surface area contributed by atoms with E-state index in [-0.39, 0.29) is 30.3 Å². The average molecular weight is 531 g/mol. The van der Waals surface area contributed by atoms with Crippen LogP contribution in [0.2, 0.25) is 0 Å². The van der Waals surface area contributed by atoms with Crippen LogP contribution < -0.4 is 0 Å². The van der Waals surface area contributed by atoms with Crippen LogP contribution in [0.3, 0.4) is 0 Å². The first-order valence-corrected chi connectivity index (χ1v) is 13.8. The van der Waals surface area contributed by atoms with Crippen LogP contribution in [0.25, 0.3) is 0 Å². The second kappa shape index (κ2) is 13.2. The van der Waals surface area contributed by atoms with E-state index in [0.717, 1.165) is 0 Å². The Morgan fingerprint density at radius 2 is 1.89 bits per heavy atom. The van der Waals surface area contributed by atoms with Gasteiger partial charge < -0.3 is 33.9 Å². The Morgan fingerprint density at radius 3 is 2.38 bits per heavy atom. The first kappa shape index (κ1) is 32.0. The highest BCUT2D eigenvalue weighted by Crippen LogP contribution is 2.36. The van der Waals surface area contributed by atoms with E-state index in [4.69, 9.17) is 23.7 Å². The van der Waals surface area contributed by atoms with Gasteiger partial charge in [-0.3, -0.25) is 9.59 Å². The number of carbonyl (C=O) groups is 2. The number of methoxy groups -OCH3 is 1. The van der Waals surface area contributed by atoms with Crippen molar-refractivity contribution in [2.75, 3.05) is 7.11 Å². The number of ether oxygens (including phenoxy) is 5. The van der Waals surface area contributed by atoms with Crippen LogP contribution in [0, 0.1) is 17.8 Å². The van der Waals surface area contributed by atoms with Crippen LogP contribution in [0.5, 0.6) is 0 Å². The van der Waals surface area contributed by atoms with Gasteiger partial charge in [-0.25, -0.2) is 0 Å². The summed E-state index contributed by atoms with van der Waals surface area (Å²) in [5.41, 5.74) is -1.33. The van der Waals surface area contributed by atoms with Gasteiger partial charge in [0.2, 0.25) is 0 Å². The van der Waals surface area contributed by atoms with Crippen molar-refractivity contribution < 1.29 is 43.5 Å². The molecule has 37 heavy (non-hydrogen) atoms. The van der Waals surface area contributed by atoms with E-state index in [1.807, 2.05) is 34.6 Å². The first-order chi connectivity index (χ1) is 17.1. The lowest BCUT2D eigenvalue weighted by atomic mass is 9.84. The van der Waals surface area contributed by atoms with E-state index in [2.05, 4.69) is 0 Å². The summed E-state index contributed by atoms with van der Waals surface area (Å²) >= 11 is 0. The van der Waals surface area contributed by atoms with E-state index in [0.29, 0.717) is 32.1 Å². The molecule has 2 heterocycles. The Labute approximate surface area is 222 Å². The summed E-state index contributed by atoms with van der Waals surface area (Å²) < 4.78 is 29.3. The molecule has 9 nitrogen and oxygen atoms in total. The quantitative estimate of drug-likeness (QED) is 0.323. The molecular weight excluding hydrogens is 480 g/mol. The highest BCUT2D eigenvalue weighted by Gasteiger charge is 2.50. The fraction of sp³-hybridized carbons (Fsp3) is 0.929. The van der Waals surface area contributed by atoms with Gasteiger partial charge in [-0.2, -0.15) is 0 Å². The number of esters is 2. The van der Waals surface area contributed by atoms with Crippen molar-refractivity contribution in [3.8, 4) is 0 Å². The highest BCUT2D eigenvalue weighted by atomic mass is 16.7. The fourth-order valence-electron chi connectivity index (χ4n) is 5.34. The molecule has 0 amide bonds. The third kappa shape index (κ3) is 8.36. The van der Waals surface area contributed by atoms with Crippen LogP contribution in [-0.2, 0) is 33.3 Å². The van der Waals surface area contributed by atoms with Gasteiger partial charge in [0.05, 0.1) is 42.4 Å². The smallest absolute Gasteiger partial charge is 0.311 e. The molecule has 0 aromatic carbocycles. The molecule has 2 unspecified atom stereocenters. The molecule has 0 aliphatic carbocycles. The molecule has 0 spiro atoms. The lowest BCUT2D eigenvalue weighted by molar-refractivity contribution is -0.257. The zero-order chi connectivity index (χ0) is 28.1. The molecule has 0 bridgehead atoms. The Hall–Kier alpha value is -1.26. The van der Waals surface area contributed by atoms with Crippen molar-refractivity contribution in [2.24, 2.45) is 17.8 Å². The molecule has 2 aliphatic heterocycles. The normalized spacial score (nSPS) is 33.8. The molecule has 2 rings (SSSR count). The van der Waals surface area contributed by atoms with E-state index >= 15 is 0 Å². The minimum atomic E-state index is -0.809. The van der Waals surface area contributed by atoms with Crippen LogP contribution in [0.4, 0.5) is 0 Å². The standard InChI is InChI=1S/C28H50O9/c1-10-22(28(8)15-23(30)37-28)36-26(32)18(4)21(35-24-13-16(2)25(31)20(6)34-24)11-12-27(7,33-9)14-17(3)19(5)29/h16-22,24-25,29,31H,10-15H2,1-9H3/t16-,17+,18?,19?,20-,21-,22+,24-,25+,27-,28-/m0/s1. The van der Waals surface area contributed by atoms with Gasteiger partial charge >= 0.3 is 11.9 Å². The summed E-state index contributed by atoms with van der Waals surface area (Å²) in [5.74, 6) is -1.31. The maximum atomic E-state index is 13.3. The summed E-state index contributed by atoms with van der Waals surface area (Å²) in [6, 6.07) is 0. The molecule has 9 heteroatoms. The van der Waals surface area contributed by atoms with Crippen molar-refractivity contribution in [1.82, 2.24) is 0 Å². The predicted octanol–water partition coefficient (Wildman–Crippen LogP) is 3.76. The molecule has 0 aromatic rings. The van der Waals surface area contributed by atoms with E-state index in [1.54, 1.807) is 27.9 Å². The fourth-order valence-corrected chi connectivity index (χ4v) is 5.34.